The normalized spacial score (nSPS) is 14.5. The molecule has 0 aliphatic carbocycles. The molecule has 0 saturated heterocycles. The molecule has 0 bridgehead atoms. The molecule has 1 amide bonds. The van der Waals surface area contributed by atoms with Crippen molar-refractivity contribution in [1.29, 1.82) is 5.26 Å². The molecule has 0 saturated carbocycles. The highest BCUT2D eigenvalue weighted by atomic mass is 16.3. The molecule has 0 spiro atoms. The number of amides is 1. The third kappa shape index (κ3) is 3.94. The number of hydrogen-bond acceptors (Lipinski definition) is 3. The van der Waals surface area contributed by atoms with Crippen LogP contribution < -0.4 is 5.32 Å². The van der Waals surface area contributed by atoms with Crippen LogP contribution in [0.2, 0.25) is 0 Å². The number of nitrogens with one attached hydrogen (secondary N) is 1. The van der Waals surface area contributed by atoms with Crippen LogP contribution in [0.1, 0.15) is 20.3 Å². The van der Waals surface area contributed by atoms with Gasteiger partial charge in [0.25, 0.3) is 0 Å². The van der Waals surface area contributed by atoms with Gasteiger partial charge >= 0.3 is 0 Å². The molecule has 0 aliphatic rings. The van der Waals surface area contributed by atoms with E-state index in [2.05, 4.69) is 5.32 Å². The van der Waals surface area contributed by atoms with E-state index in [9.17, 15) is 4.79 Å². The van der Waals surface area contributed by atoms with Gasteiger partial charge in [-0.05, 0) is 13.3 Å². The van der Waals surface area contributed by atoms with Gasteiger partial charge in [0.15, 0.2) is 0 Å². The van der Waals surface area contributed by atoms with Gasteiger partial charge in [0.2, 0.25) is 5.91 Å². The van der Waals surface area contributed by atoms with Gasteiger partial charge in [0.1, 0.15) is 5.92 Å². The number of carbonyl (C=O) groups excluding carboxylic acids is 1. The summed E-state index contributed by atoms with van der Waals surface area (Å²) in [6.07, 6.45) is -0.0626. The van der Waals surface area contributed by atoms with Crippen molar-refractivity contribution < 1.29 is 9.90 Å². The first-order chi connectivity index (χ1) is 5.61. The molecule has 2 atom stereocenters. The first kappa shape index (κ1) is 10.9. The number of rotatable bonds is 4. The lowest BCUT2D eigenvalue weighted by Gasteiger charge is -2.09. The molecule has 0 aromatic rings. The van der Waals surface area contributed by atoms with E-state index < -0.39 is 12.0 Å². The molecule has 0 aliphatic heterocycles. The molecular formula is C8H14N2O2. The second-order valence-electron chi connectivity index (χ2n) is 2.68. The zero-order valence-corrected chi connectivity index (χ0v) is 7.37. The average Bonchev–Trinajstić information content (AvgIpc) is 2.03. The third-order valence-corrected chi connectivity index (χ3v) is 1.45. The standard InChI is InChI=1S/C8H14N2O2/c1-3-7(4-9)8(12)10-5-6(2)11/h6-7,11H,3,5H2,1-2H3,(H,10,12)/t6-,7?/m0/s1. The van der Waals surface area contributed by atoms with E-state index in [1.165, 1.54) is 0 Å². The van der Waals surface area contributed by atoms with E-state index in [4.69, 9.17) is 10.4 Å². The molecule has 0 aromatic carbocycles. The summed E-state index contributed by atoms with van der Waals surface area (Å²) in [5.74, 6) is -0.898. The minimum Gasteiger partial charge on any atom is -0.392 e. The Morgan fingerprint density at radius 1 is 1.75 bits per heavy atom. The quantitative estimate of drug-likeness (QED) is 0.625. The molecule has 0 fully saturated rings. The van der Waals surface area contributed by atoms with E-state index in [0.29, 0.717) is 6.42 Å². The minimum absolute atomic E-state index is 0.205. The predicted octanol–water partition coefficient (Wildman–Crippen LogP) is 0.0332. The number of aliphatic hydroxyl groups excluding tert-OH is 1. The summed E-state index contributed by atoms with van der Waals surface area (Å²) in [6, 6.07) is 1.88. The molecule has 0 rings (SSSR count). The highest BCUT2D eigenvalue weighted by molar-refractivity contribution is 5.80. The number of hydrogen-bond donors (Lipinski definition) is 2. The Morgan fingerprint density at radius 3 is 2.67 bits per heavy atom. The molecule has 1 unspecified atom stereocenters. The molecule has 0 heterocycles. The monoisotopic (exact) mass is 170 g/mol. The SMILES string of the molecule is CCC(C#N)C(=O)NC[C@H](C)O. The molecule has 4 heteroatoms. The molecule has 4 nitrogen and oxygen atoms in total. The fourth-order valence-corrected chi connectivity index (χ4v) is 0.707. The van der Waals surface area contributed by atoms with Crippen molar-refractivity contribution in [3.63, 3.8) is 0 Å². The third-order valence-electron chi connectivity index (χ3n) is 1.45. The summed E-state index contributed by atoms with van der Waals surface area (Å²) in [4.78, 5) is 11.1. The Balaban J connectivity index is 3.79. The number of nitriles is 1. The summed E-state index contributed by atoms with van der Waals surface area (Å²) in [7, 11) is 0. The Kier molecular flexibility index (Phi) is 5.06. The first-order valence-corrected chi connectivity index (χ1v) is 3.97. The van der Waals surface area contributed by atoms with Crippen molar-refractivity contribution in [2.75, 3.05) is 6.54 Å². The largest absolute Gasteiger partial charge is 0.392 e. The van der Waals surface area contributed by atoms with E-state index in [0.717, 1.165) is 0 Å². The minimum atomic E-state index is -0.594. The van der Waals surface area contributed by atoms with E-state index in [1.54, 1.807) is 13.8 Å². The maximum atomic E-state index is 11.1. The van der Waals surface area contributed by atoms with Crippen LogP contribution >= 0.6 is 0 Å². The van der Waals surface area contributed by atoms with Gasteiger partial charge in [-0.1, -0.05) is 6.92 Å². The van der Waals surface area contributed by atoms with Gasteiger partial charge in [0.05, 0.1) is 12.2 Å². The second-order valence-corrected chi connectivity index (χ2v) is 2.68. The van der Waals surface area contributed by atoms with Crippen molar-refractivity contribution in [3.8, 4) is 6.07 Å². The topological polar surface area (TPSA) is 73.1 Å². The highest BCUT2D eigenvalue weighted by Crippen LogP contribution is 1.99. The van der Waals surface area contributed by atoms with Gasteiger partial charge < -0.3 is 10.4 Å². The van der Waals surface area contributed by atoms with Crippen molar-refractivity contribution >= 4 is 5.91 Å². The van der Waals surface area contributed by atoms with Gasteiger partial charge in [0, 0.05) is 6.54 Å². The van der Waals surface area contributed by atoms with Crippen molar-refractivity contribution in [2.24, 2.45) is 5.92 Å². The van der Waals surface area contributed by atoms with Crippen LogP contribution in [0.5, 0.6) is 0 Å². The van der Waals surface area contributed by atoms with Crippen LogP contribution in [-0.4, -0.2) is 23.7 Å². The zero-order chi connectivity index (χ0) is 9.56. The molecule has 12 heavy (non-hydrogen) atoms. The fourth-order valence-electron chi connectivity index (χ4n) is 0.707. The molecule has 0 radical (unpaired) electrons. The van der Waals surface area contributed by atoms with Crippen LogP contribution in [0, 0.1) is 17.2 Å². The first-order valence-electron chi connectivity index (χ1n) is 3.97. The maximum Gasteiger partial charge on any atom is 0.237 e. The highest BCUT2D eigenvalue weighted by Gasteiger charge is 2.14. The van der Waals surface area contributed by atoms with Crippen LogP contribution in [0.15, 0.2) is 0 Å². The van der Waals surface area contributed by atoms with E-state index in [-0.39, 0.29) is 12.5 Å². The molecular weight excluding hydrogens is 156 g/mol. The Hall–Kier alpha value is -1.08. The Labute approximate surface area is 72.2 Å². The van der Waals surface area contributed by atoms with E-state index >= 15 is 0 Å². The summed E-state index contributed by atoms with van der Waals surface area (Å²) >= 11 is 0. The molecule has 2 N–H and O–H groups in total. The summed E-state index contributed by atoms with van der Waals surface area (Å²) < 4.78 is 0. The lowest BCUT2D eigenvalue weighted by molar-refractivity contribution is -0.123. The lowest BCUT2D eigenvalue weighted by atomic mass is 10.1. The molecule has 0 aromatic heterocycles. The van der Waals surface area contributed by atoms with Crippen LogP contribution in [0.25, 0.3) is 0 Å². The summed E-state index contributed by atoms with van der Waals surface area (Å²) in [6.45, 7) is 3.56. The number of carbonyl (C=O) groups is 1. The van der Waals surface area contributed by atoms with Crippen molar-refractivity contribution in [3.05, 3.63) is 0 Å². The fraction of sp³-hybridized carbons (Fsp3) is 0.750. The number of aliphatic hydroxyl groups is 1. The van der Waals surface area contributed by atoms with Gasteiger partial charge in [-0.25, -0.2) is 0 Å². The average molecular weight is 170 g/mol. The lowest BCUT2D eigenvalue weighted by Crippen LogP contribution is -2.34. The zero-order valence-electron chi connectivity index (χ0n) is 7.37. The number of nitrogens with zero attached hydrogens (tertiary/aromatic N) is 1. The van der Waals surface area contributed by atoms with Gasteiger partial charge in [-0.2, -0.15) is 5.26 Å². The second kappa shape index (κ2) is 5.56. The van der Waals surface area contributed by atoms with Gasteiger partial charge in [-0.3, -0.25) is 4.79 Å². The smallest absolute Gasteiger partial charge is 0.237 e. The predicted molar refractivity (Wildman–Crippen MR) is 44.1 cm³/mol. The Bertz CT molecular complexity index is 184. The van der Waals surface area contributed by atoms with Crippen LogP contribution in [0.4, 0.5) is 0 Å². The van der Waals surface area contributed by atoms with Crippen LogP contribution in [0.3, 0.4) is 0 Å². The van der Waals surface area contributed by atoms with Crippen molar-refractivity contribution in [2.45, 2.75) is 26.4 Å². The van der Waals surface area contributed by atoms with Gasteiger partial charge in [-0.15, -0.1) is 0 Å². The summed E-state index contributed by atoms with van der Waals surface area (Å²) in [5, 5.41) is 19.8. The van der Waals surface area contributed by atoms with Crippen molar-refractivity contribution in [1.82, 2.24) is 5.32 Å². The maximum absolute atomic E-state index is 11.1. The molecule has 68 valence electrons. The van der Waals surface area contributed by atoms with E-state index in [1.807, 2.05) is 6.07 Å². The summed E-state index contributed by atoms with van der Waals surface area (Å²) in [5.41, 5.74) is 0. The Morgan fingerprint density at radius 2 is 2.33 bits per heavy atom. The van der Waals surface area contributed by atoms with Crippen LogP contribution in [-0.2, 0) is 4.79 Å².